The lowest BCUT2D eigenvalue weighted by Gasteiger charge is -2.09. The third-order valence-corrected chi connectivity index (χ3v) is 4.59. The number of hydrogen-bond donors (Lipinski definition) is 2. The van der Waals surface area contributed by atoms with Crippen molar-refractivity contribution in [1.82, 2.24) is 4.57 Å². The van der Waals surface area contributed by atoms with Crippen LogP contribution in [0.5, 0.6) is 5.75 Å². The molecule has 0 aliphatic heterocycles. The van der Waals surface area contributed by atoms with Gasteiger partial charge in [-0.05, 0) is 24.3 Å². The summed E-state index contributed by atoms with van der Waals surface area (Å²) in [5.74, 6) is -3.60. The van der Waals surface area contributed by atoms with Gasteiger partial charge in [0.2, 0.25) is 0 Å². The highest BCUT2D eigenvalue weighted by Gasteiger charge is 2.19. The van der Waals surface area contributed by atoms with Gasteiger partial charge < -0.3 is 19.5 Å². The van der Waals surface area contributed by atoms with Crippen molar-refractivity contribution in [2.24, 2.45) is 0 Å². The van der Waals surface area contributed by atoms with E-state index in [2.05, 4.69) is 0 Å². The van der Waals surface area contributed by atoms with E-state index in [1.54, 1.807) is 28.8 Å². The van der Waals surface area contributed by atoms with Crippen LogP contribution in [-0.2, 0) is 16.1 Å². The molecule has 3 aromatic rings. The molecule has 2 N–H and O–H groups in total. The Morgan fingerprint density at radius 2 is 1.93 bits per heavy atom. The highest BCUT2D eigenvalue weighted by molar-refractivity contribution is 6.38. The van der Waals surface area contributed by atoms with Gasteiger partial charge in [0.05, 0.1) is 24.6 Å². The van der Waals surface area contributed by atoms with Gasteiger partial charge >= 0.3 is 5.97 Å². The first-order valence-electron chi connectivity index (χ1n) is 8.10. The summed E-state index contributed by atoms with van der Waals surface area (Å²) in [5, 5.41) is 19.8. The van der Waals surface area contributed by atoms with Gasteiger partial charge in [-0.15, -0.1) is 0 Å². The third-order valence-electron chi connectivity index (χ3n) is 4.23. The normalized spacial score (nSPS) is 11.6. The molecule has 0 bridgehead atoms. The minimum atomic E-state index is -1.69. The van der Waals surface area contributed by atoms with Crippen molar-refractivity contribution in [2.75, 3.05) is 7.11 Å². The number of aliphatic hydroxyl groups is 1. The van der Waals surface area contributed by atoms with Crippen LogP contribution >= 0.6 is 11.6 Å². The molecule has 0 aliphatic rings. The molecule has 0 fully saturated rings. The maximum atomic E-state index is 14.2. The van der Waals surface area contributed by atoms with E-state index in [0.717, 1.165) is 0 Å². The zero-order valence-corrected chi connectivity index (χ0v) is 15.4. The summed E-state index contributed by atoms with van der Waals surface area (Å²) in [4.78, 5) is 22.2. The number of hydrogen-bond acceptors (Lipinski definition) is 4. The molecule has 0 saturated heterocycles. The molecule has 1 heterocycles. The Morgan fingerprint density at radius 1 is 1.21 bits per heavy atom. The molecular weight excluding hydrogens is 389 g/mol. The van der Waals surface area contributed by atoms with Gasteiger partial charge in [0.15, 0.2) is 0 Å². The maximum absolute atomic E-state index is 14.2. The van der Waals surface area contributed by atoms with Gasteiger partial charge in [-0.25, -0.2) is 9.18 Å². The van der Waals surface area contributed by atoms with E-state index in [9.17, 15) is 19.1 Å². The summed E-state index contributed by atoms with van der Waals surface area (Å²) in [5.41, 5.74) is 1.01. The Morgan fingerprint density at radius 3 is 2.57 bits per heavy atom. The molecule has 0 unspecified atom stereocenters. The molecule has 0 atom stereocenters. The first-order chi connectivity index (χ1) is 13.3. The Kier molecular flexibility index (Phi) is 5.37. The number of carboxylic acids is 1. The molecule has 0 radical (unpaired) electrons. The lowest BCUT2D eigenvalue weighted by Crippen LogP contribution is -2.09. The Hall–Kier alpha value is -3.32. The van der Waals surface area contributed by atoms with E-state index < -0.39 is 23.3 Å². The molecule has 144 valence electrons. The zero-order valence-electron chi connectivity index (χ0n) is 14.6. The van der Waals surface area contributed by atoms with Crippen LogP contribution in [0.4, 0.5) is 4.39 Å². The van der Waals surface area contributed by atoms with Crippen LogP contribution in [0.15, 0.2) is 48.7 Å². The Labute approximate surface area is 164 Å². The SMILES string of the molecule is COc1cccc2c1c(C(O)=CC(=O)C(=O)O)cn2Cc1c(F)cccc1Cl. The summed E-state index contributed by atoms with van der Waals surface area (Å²) >= 11 is 6.11. The van der Waals surface area contributed by atoms with E-state index in [1.165, 1.54) is 25.4 Å². The monoisotopic (exact) mass is 403 g/mol. The number of methoxy groups -OCH3 is 1. The van der Waals surface area contributed by atoms with Gasteiger partial charge in [-0.2, -0.15) is 0 Å². The van der Waals surface area contributed by atoms with Crippen molar-refractivity contribution >= 4 is 40.0 Å². The Balaban J connectivity index is 2.20. The van der Waals surface area contributed by atoms with E-state index in [0.29, 0.717) is 22.7 Å². The molecule has 2 aromatic carbocycles. The zero-order chi connectivity index (χ0) is 20.4. The summed E-state index contributed by atoms with van der Waals surface area (Å²) in [6, 6.07) is 9.44. The van der Waals surface area contributed by atoms with Crippen LogP contribution in [0.1, 0.15) is 11.1 Å². The van der Waals surface area contributed by atoms with Crippen LogP contribution in [0.3, 0.4) is 0 Å². The van der Waals surface area contributed by atoms with Crippen LogP contribution in [0.2, 0.25) is 5.02 Å². The van der Waals surface area contributed by atoms with Crippen molar-refractivity contribution in [2.45, 2.75) is 6.54 Å². The molecule has 28 heavy (non-hydrogen) atoms. The van der Waals surface area contributed by atoms with Crippen LogP contribution in [-0.4, -0.2) is 33.6 Å². The van der Waals surface area contributed by atoms with Gasteiger partial charge in [0.25, 0.3) is 5.78 Å². The van der Waals surface area contributed by atoms with Gasteiger partial charge in [0, 0.05) is 28.4 Å². The van der Waals surface area contributed by atoms with Crippen molar-refractivity contribution in [1.29, 1.82) is 0 Å². The molecule has 0 amide bonds. The number of ketones is 1. The van der Waals surface area contributed by atoms with Crippen LogP contribution in [0, 0.1) is 5.82 Å². The van der Waals surface area contributed by atoms with Crippen molar-refractivity contribution in [3.05, 3.63) is 70.6 Å². The molecule has 0 aliphatic carbocycles. The number of aliphatic hydroxyl groups excluding tert-OH is 1. The standard InChI is InChI=1S/C20H15ClFNO5/c1-28-18-7-3-6-15-19(18)12(16(24)8-17(25)20(26)27)10-23(15)9-11-13(21)4-2-5-14(11)22/h2-8,10,24H,9H2,1H3,(H,26,27). The number of benzene rings is 2. The second kappa shape index (κ2) is 7.74. The highest BCUT2D eigenvalue weighted by Crippen LogP contribution is 2.35. The van der Waals surface area contributed by atoms with E-state index in [1.807, 2.05) is 0 Å². The highest BCUT2D eigenvalue weighted by atomic mass is 35.5. The number of aromatic nitrogens is 1. The molecule has 0 saturated carbocycles. The average Bonchev–Trinajstić information content (AvgIpc) is 3.03. The maximum Gasteiger partial charge on any atom is 0.376 e. The molecule has 6 nitrogen and oxygen atoms in total. The quantitative estimate of drug-likeness (QED) is 0.368. The summed E-state index contributed by atoms with van der Waals surface area (Å²) in [6.07, 6.45) is 2.10. The van der Waals surface area contributed by atoms with E-state index in [-0.39, 0.29) is 22.7 Å². The lowest BCUT2D eigenvalue weighted by molar-refractivity contribution is -0.146. The molecular formula is C20H15ClFNO5. The van der Waals surface area contributed by atoms with Gasteiger partial charge in [-0.1, -0.05) is 23.7 Å². The first-order valence-corrected chi connectivity index (χ1v) is 8.48. The Bertz CT molecular complexity index is 1100. The fraction of sp³-hybridized carbons (Fsp3) is 0.100. The number of rotatable bonds is 6. The van der Waals surface area contributed by atoms with Gasteiger partial charge in [0.1, 0.15) is 17.3 Å². The summed E-state index contributed by atoms with van der Waals surface area (Å²) < 4.78 is 21.2. The van der Waals surface area contributed by atoms with Crippen molar-refractivity contribution < 1.29 is 28.9 Å². The smallest absolute Gasteiger partial charge is 0.376 e. The van der Waals surface area contributed by atoms with Crippen molar-refractivity contribution in [3.8, 4) is 5.75 Å². The predicted octanol–water partition coefficient (Wildman–Crippen LogP) is 4.04. The minimum Gasteiger partial charge on any atom is -0.507 e. The fourth-order valence-electron chi connectivity index (χ4n) is 2.93. The number of halogens is 2. The average molecular weight is 404 g/mol. The molecule has 3 rings (SSSR count). The van der Waals surface area contributed by atoms with Crippen LogP contribution < -0.4 is 4.74 Å². The van der Waals surface area contributed by atoms with E-state index in [4.69, 9.17) is 21.4 Å². The molecule has 0 spiro atoms. The summed E-state index contributed by atoms with van der Waals surface area (Å²) in [7, 11) is 1.44. The van der Waals surface area contributed by atoms with E-state index >= 15 is 0 Å². The largest absolute Gasteiger partial charge is 0.507 e. The number of ether oxygens (including phenoxy) is 1. The topological polar surface area (TPSA) is 88.8 Å². The second-order valence-electron chi connectivity index (χ2n) is 5.92. The fourth-order valence-corrected chi connectivity index (χ4v) is 3.15. The number of carbonyl (C=O) groups is 2. The van der Waals surface area contributed by atoms with Crippen molar-refractivity contribution in [3.63, 3.8) is 0 Å². The van der Waals surface area contributed by atoms with Crippen LogP contribution in [0.25, 0.3) is 16.7 Å². The van der Waals surface area contributed by atoms with Gasteiger partial charge in [-0.3, -0.25) is 4.79 Å². The second-order valence-corrected chi connectivity index (χ2v) is 6.33. The third kappa shape index (κ3) is 3.57. The predicted molar refractivity (Wildman–Crippen MR) is 102 cm³/mol. The first kappa shape index (κ1) is 19.4. The minimum absolute atomic E-state index is 0.0509. The number of carboxylic acid groups (broad SMARTS) is 1. The molecule has 8 heteroatoms. The number of fused-ring (bicyclic) bond motifs is 1. The number of carbonyl (C=O) groups excluding carboxylic acids is 1. The number of aliphatic carboxylic acids is 1. The lowest BCUT2D eigenvalue weighted by atomic mass is 10.1. The summed E-state index contributed by atoms with van der Waals surface area (Å²) in [6.45, 7) is 0.0509. The number of nitrogens with zero attached hydrogens (tertiary/aromatic N) is 1. The molecule has 1 aromatic heterocycles.